The summed E-state index contributed by atoms with van der Waals surface area (Å²) in [4.78, 5) is 23.1. The molecule has 1 fully saturated rings. The first-order chi connectivity index (χ1) is 29.5. The molecule has 0 spiro atoms. The van der Waals surface area contributed by atoms with Crippen molar-refractivity contribution in [2.24, 2.45) is 0 Å². The molecule has 1 rings (SSSR count). The van der Waals surface area contributed by atoms with E-state index in [-0.39, 0.29) is 13.0 Å². The van der Waals surface area contributed by atoms with Gasteiger partial charge in [-0.1, -0.05) is 143 Å². The summed E-state index contributed by atoms with van der Waals surface area (Å²) < 4.78 is 34.0. The average Bonchev–Trinajstić information content (AvgIpc) is 3.24. The van der Waals surface area contributed by atoms with Gasteiger partial charge < -0.3 is 39.9 Å². The number of hydrogen-bond acceptors (Lipinski definition) is 11. The van der Waals surface area contributed by atoms with Crippen LogP contribution in [-0.2, 0) is 27.9 Å². The van der Waals surface area contributed by atoms with Crippen LogP contribution >= 0.6 is 7.82 Å². The van der Waals surface area contributed by atoms with E-state index in [1.165, 1.54) is 12.8 Å². The minimum absolute atomic E-state index is 0.0982. The van der Waals surface area contributed by atoms with Gasteiger partial charge in [-0.05, 0) is 83.5 Å². The molecular formula is C48H79O12P. The van der Waals surface area contributed by atoms with Crippen molar-refractivity contribution < 1.29 is 58.3 Å². The monoisotopic (exact) mass is 879 g/mol. The van der Waals surface area contributed by atoms with Gasteiger partial charge in [0.25, 0.3) is 0 Å². The fourth-order valence-electron chi connectivity index (χ4n) is 6.11. The van der Waals surface area contributed by atoms with Crippen molar-refractivity contribution in [2.45, 2.75) is 179 Å². The maximum atomic E-state index is 12.8. The zero-order valence-corrected chi connectivity index (χ0v) is 37.8. The summed E-state index contributed by atoms with van der Waals surface area (Å²) in [6.45, 7) is 3.98. The van der Waals surface area contributed by atoms with E-state index in [0.29, 0.717) is 19.4 Å². The molecule has 1 aliphatic rings. The maximum absolute atomic E-state index is 12.8. The van der Waals surface area contributed by atoms with E-state index in [0.717, 1.165) is 89.9 Å². The normalized spacial score (nSPS) is 23.1. The molecule has 12 nitrogen and oxygen atoms in total. The lowest BCUT2D eigenvalue weighted by molar-refractivity contribution is -0.220. The van der Waals surface area contributed by atoms with Crippen molar-refractivity contribution in [1.29, 1.82) is 0 Å². The highest BCUT2D eigenvalue weighted by Gasteiger charge is 2.51. The van der Waals surface area contributed by atoms with E-state index < -0.39 is 63.1 Å². The number of phosphoric acid groups is 1. The van der Waals surface area contributed by atoms with Crippen molar-refractivity contribution in [1.82, 2.24) is 0 Å². The molecule has 0 saturated heterocycles. The molecule has 0 heterocycles. The predicted octanol–water partition coefficient (Wildman–Crippen LogP) is 9.14. The molecule has 0 amide bonds. The number of aliphatic hydroxyl groups excluding tert-OH is 5. The van der Waals surface area contributed by atoms with Crippen LogP contribution in [0.5, 0.6) is 0 Å². The van der Waals surface area contributed by atoms with Crippen molar-refractivity contribution in [3.8, 4) is 0 Å². The Morgan fingerprint density at radius 3 is 1.49 bits per heavy atom. The van der Waals surface area contributed by atoms with Crippen LogP contribution in [0.15, 0.2) is 97.2 Å². The fourth-order valence-corrected chi connectivity index (χ4v) is 7.08. The Balaban J connectivity index is 2.44. The molecule has 13 heteroatoms. The molecule has 6 unspecified atom stereocenters. The van der Waals surface area contributed by atoms with Crippen LogP contribution in [0.1, 0.15) is 136 Å². The lowest BCUT2D eigenvalue weighted by atomic mass is 9.85. The molecular weight excluding hydrogens is 799 g/mol. The summed E-state index contributed by atoms with van der Waals surface area (Å²) in [6, 6.07) is 0. The van der Waals surface area contributed by atoms with Crippen molar-refractivity contribution >= 4 is 13.8 Å². The summed E-state index contributed by atoms with van der Waals surface area (Å²) in [6.07, 6.45) is 39.2. The third-order valence-corrected chi connectivity index (χ3v) is 10.7. The number of rotatable bonds is 36. The fraction of sp³-hybridized carbons (Fsp3) is 0.646. The largest absolute Gasteiger partial charge is 0.472 e. The van der Waals surface area contributed by atoms with E-state index >= 15 is 0 Å². The maximum Gasteiger partial charge on any atom is 0.472 e. The Morgan fingerprint density at radius 2 is 0.967 bits per heavy atom. The predicted molar refractivity (Wildman–Crippen MR) is 244 cm³/mol. The molecule has 1 aliphatic carbocycles. The Kier molecular flexibility index (Phi) is 34.9. The summed E-state index contributed by atoms with van der Waals surface area (Å²) in [5.41, 5.74) is 0. The van der Waals surface area contributed by atoms with Crippen LogP contribution < -0.4 is 0 Å². The quantitative estimate of drug-likeness (QED) is 0.0152. The molecule has 348 valence electrons. The Morgan fingerprint density at radius 1 is 0.541 bits per heavy atom. The zero-order valence-electron chi connectivity index (χ0n) is 36.9. The number of allylic oxidation sites excluding steroid dienone is 16. The first kappa shape index (κ1) is 56.3. The van der Waals surface area contributed by atoms with Crippen molar-refractivity contribution in [2.75, 3.05) is 19.8 Å². The van der Waals surface area contributed by atoms with Gasteiger partial charge in [0.05, 0.1) is 13.2 Å². The molecule has 0 aliphatic heterocycles. The lowest BCUT2D eigenvalue weighted by Gasteiger charge is -2.41. The van der Waals surface area contributed by atoms with Gasteiger partial charge in [-0.2, -0.15) is 0 Å². The summed E-state index contributed by atoms with van der Waals surface area (Å²) in [7, 11) is -5.04. The van der Waals surface area contributed by atoms with Crippen molar-refractivity contribution in [3.05, 3.63) is 97.2 Å². The highest BCUT2D eigenvalue weighted by atomic mass is 31.2. The SMILES string of the molecule is CC/C=C\C/C=C\C/C=C\C/C=C\C/C=C\C/C=C\C/C=C\CCCC(=O)OC(COCCCCCCCC/C=C\CCC)COP(=O)(O)OC1C(O)C(O)C(O)C(O)C1O. The first-order valence-corrected chi connectivity index (χ1v) is 24.1. The highest BCUT2D eigenvalue weighted by molar-refractivity contribution is 7.47. The van der Waals surface area contributed by atoms with Gasteiger partial charge in [-0.25, -0.2) is 4.57 Å². The van der Waals surface area contributed by atoms with Gasteiger partial charge in [0.2, 0.25) is 0 Å². The minimum atomic E-state index is -5.04. The zero-order chi connectivity index (χ0) is 44.8. The van der Waals surface area contributed by atoms with E-state index in [9.17, 15) is 39.8 Å². The van der Waals surface area contributed by atoms with E-state index in [1.807, 2.05) is 12.2 Å². The molecule has 61 heavy (non-hydrogen) atoms. The van der Waals surface area contributed by atoms with Crippen LogP contribution in [0.3, 0.4) is 0 Å². The standard InChI is InChI=1S/C48H79O12P/c1-3-5-7-9-11-13-15-16-17-18-19-20-21-22-23-24-25-26-27-29-31-33-35-37-42(49)59-41(39-57-38-36-34-32-30-28-14-12-10-8-6-4-2)40-58-61(55,56)60-48-46(53)44(51)43(50)45(52)47(48)54/h5,7-8,10-11,13,16-17,19-20,22-23,25-26,29,31,41,43-48,50-54H,3-4,6,9,12,14-15,18,21,24,27-28,30,32-40H2,1-2H3,(H,55,56)/b7-5-,10-8-,13-11-,17-16-,20-19-,23-22-,26-25-,31-29-. The smallest absolute Gasteiger partial charge is 0.457 e. The highest BCUT2D eigenvalue weighted by Crippen LogP contribution is 2.47. The second-order valence-corrected chi connectivity index (χ2v) is 16.6. The van der Waals surface area contributed by atoms with Crippen molar-refractivity contribution in [3.63, 3.8) is 0 Å². The van der Waals surface area contributed by atoms with Crippen LogP contribution in [0, 0.1) is 0 Å². The number of aliphatic hydroxyl groups is 5. The van der Waals surface area contributed by atoms with E-state index in [4.69, 9.17) is 18.5 Å². The summed E-state index contributed by atoms with van der Waals surface area (Å²) in [5, 5.41) is 50.1. The first-order valence-electron chi connectivity index (χ1n) is 22.6. The molecule has 0 bridgehead atoms. The molecule has 6 N–H and O–H groups in total. The molecule has 1 saturated carbocycles. The van der Waals surface area contributed by atoms with Crippen LogP contribution in [0.2, 0.25) is 0 Å². The van der Waals surface area contributed by atoms with Gasteiger partial charge in [-0.3, -0.25) is 13.8 Å². The number of carbonyl (C=O) groups is 1. The third kappa shape index (κ3) is 30.1. The average molecular weight is 879 g/mol. The number of hydrogen-bond donors (Lipinski definition) is 6. The van der Waals surface area contributed by atoms with E-state index in [2.05, 4.69) is 98.9 Å². The molecule has 0 aromatic heterocycles. The van der Waals surface area contributed by atoms with Gasteiger partial charge in [-0.15, -0.1) is 0 Å². The molecule has 0 radical (unpaired) electrons. The summed E-state index contributed by atoms with van der Waals surface area (Å²) in [5.74, 6) is -0.542. The minimum Gasteiger partial charge on any atom is -0.457 e. The van der Waals surface area contributed by atoms with Gasteiger partial charge in [0.15, 0.2) is 0 Å². The van der Waals surface area contributed by atoms with Gasteiger partial charge in [0, 0.05) is 13.0 Å². The van der Waals surface area contributed by atoms with Gasteiger partial charge >= 0.3 is 13.8 Å². The molecule has 0 aromatic carbocycles. The number of unbranched alkanes of at least 4 members (excludes halogenated alkanes) is 8. The van der Waals surface area contributed by atoms with Crippen LogP contribution in [0.25, 0.3) is 0 Å². The van der Waals surface area contributed by atoms with Gasteiger partial charge in [0.1, 0.15) is 42.7 Å². The second-order valence-electron chi connectivity index (χ2n) is 15.2. The third-order valence-electron chi connectivity index (χ3n) is 9.67. The Hall–Kier alpha value is -2.74. The molecule has 0 aromatic rings. The Labute approximate surface area is 366 Å². The molecule has 6 atom stereocenters. The number of esters is 1. The Bertz CT molecular complexity index is 1370. The summed E-state index contributed by atoms with van der Waals surface area (Å²) >= 11 is 0. The topological polar surface area (TPSA) is 192 Å². The second kappa shape index (κ2) is 37.8. The number of ether oxygens (including phenoxy) is 2. The lowest BCUT2D eigenvalue weighted by Crippen LogP contribution is -2.64. The number of phosphoric ester groups is 1. The van der Waals surface area contributed by atoms with Crippen LogP contribution in [-0.4, -0.2) is 98.9 Å². The van der Waals surface area contributed by atoms with E-state index in [1.54, 1.807) is 0 Å². The number of carbonyl (C=O) groups excluding carboxylic acids is 1. The van der Waals surface area contributed by atoms with Crippen LogP contribution in [0.4, 0.5) is 0 Å².